The van der Waals surface area contributed by atoms with Gasteiger partial charge in [-0.2, -0.15) is 0 Å². The van der Waals surface area contributed by atoms with E-state index < -0.39 is 9.84 Å². The van der Waals surface area contributed by atoms with Gasteiger partial charge in [0.05, 0.1) is 11.5 Å². The first kappa shape index (κ1) is 19.4. The molecule has 1 fully saturated rings. The van der Waals surface area contributed by atoms with Gasteiger partial charge in [-0.25, -0.2) is 8.42 Å². The van der Waals surface area contributed by atoms with Crippen LogP contribution in [-0.4, -0.2) is 81.8 Å². The van der Waals surface area contributed by atoms with Crippen LogP contribution >= 0.6 is 0 Å². The van der Waals surface area contributed by atoms with E-state index in [0.717, 1.165) is 6.54 Å². The Morgan fingerprint density at radius 3 is 2.24 bits per heavy atom. The van der Waals surface area contributed by atoms with Crippen LogP contribution in [0, 0.1) is 0 Å². The fourth-order valence-corrected chi connectivity index (χ4v) is 4.48. The van der Waals surface area contributed by atoms with Crippen molar-refractivity contribution in [3.05, 3.63) is 35.4 Å². The lowest BCUT2D eigenvalue weighted by Crippen LogP contribution is -2.37. The van der Waals surface area contributed by atoms with Crippen LogP contribution in [0.4, 0.5) is 0 Å². The lowest BCUT2D eigenvalue weighted by molar-refractivity contribution is 0.0747. The fraction of sp³-hybridized carbons (Fsp3) is 0.529. The molecule has 1 aliphatic heterocycles. The highest BCUT2D eigenvalue weighted by atomic mass is 32.2. The largest absolute Gasteiger partial charge is 0.351 e. The van der Waals surface area contributed by atoms with Gasteiger partial charge in [-0.05, 0) is 44.8 Å². The smallest absolute Gasteiger partial charge is 0.253 e. The summed E-state index contributed by atoms with van der Waals surface area (Å²) >= 11 is 0. The summed E-state index contributed by atoms with van der Waals surface area (Å²) in [6.07, 6.45) is 0.469. The first-order valence-corrected chi connectivity index (χ1v) is 10.0. The number of nitrogens with zero attached hydrogens (tertiary/aromatic N) is 2. The number of carbonyl (C=O) groups excluding carboxylic acids is 2. The SMILES string of the molecule is CN(C)CCNC(=O)c1ccc(C(=O)N(C)C2CCS(=O)(=O)C2)cc1. The third-order valence-corrected chi connectivity index (χ3v) is 6.07. The Labute approximate surface area is 148 Å². The van der Waals surface area contributed by atoms with E-state index in [1.54, 1.807) is 31.3 Å². The van der Waals surface area contributed by atoms with Gasteiger partial charge < -0.3 is 15.1 Å². The number of amides is 2. The molecule has 2 rings (SSSR count). The highest BCUT2D eigenvalue weighted by Gasteiger charge is 2.33. The second kappa shape index (κ2) is 7.97. The molecule has 0 radical (unpaired) electrons. The van der Waals surface area contributed by atoms with Crippen LogP contribution in [-0.2, 0) is 9.84 Å². The number of nitrogens with one attached hydrogen (secondary N) is 1. The van der Waals surface area contributed by atoms with Gasteiger partial charge in [0, 0.05) is 37.3 Å². The molecule has 138 valence electrons. The van der Waals surface area contributed by atoms with Crippen molar-refractivity contribution in [3.63, 3.8) is 0 Å². The average molecular weight is 367 g/mol. The average Bonchev–Trinajstić information content (AvgIpc) is 2.93. The van der Waals surface area contributed by atoms with Crippen LogP contribution in [0.3, 0.4) is 0 Å². The molecule has 1 aromatic carbocycles. The third kappa shape index (κ3) is 5.27. The van der Waals surface area contributed by atoms with Crippen LogP contribution in [0.2, 0.25) is 0 Å². The highest BCUT2D eigenvalue weighted by molar-refractivity contribution is 7.91. The summed E-state index contributed by atoms with van der Waals surface area (Å²) in [5.74, 6) is -0.277. The minimum absolute atomic E-state index is 0.0155. The standard InChI is InChI=1S/C17H25N3O4S/c1-19(2)10-9-18-16(21)13-4-6-14(7-5-13)17(22)20(3)15-8-11-25(23,24)12-15/h4-7,15H,8-12H2,1-3H3,(H,18,21). The zero-order chi connectivity index (χ0) is 18.6. The van der Waals surface area contributed by atoms with Crippen molar-refractivity contribution < 1.29 is 18.0 Å². The predicted octanol–water partition coefficient (Wildman–Crippen LogP) is 0.237. The molecule has 25 heavy (non-hydrogen) atoms. The van der Waals surface area contributed by atoms with E-state index in [0.29, 0.717) is 24.1 Å². The highest BCUT2D eigenvalue weighted by Crippen LogP contribution is 2.18. The summed E-state index contributed by atoms with van der Waals surface area (Å²) in [7, 11) is 2.44. The molecule has 8 heteroatoms. The van der Waals surface area contributed by atoms with E-state index in [4.69, 9.17) is 0 Å². The number of carbonyl (C=O) groups is 2. The zero-order valence-corrected chi connectivity index (χ0v) is 15.7. The summed E-state index contributed by atoms with van der Waals surface area (Å²) in [5.41, 5.74) is 0.929. The lowest BCUT2D eigenvalue weighted by atomic mass is 10.1. The fourth-order valence-electron chi connectivity index (χ4n) is 2.71. The van der Waals surface area contributed by atoms with Gasteiger partial charge in [0.15, 0.2) is 9.84 Å². The minimum Gasteiger partial charge on any atom is -0.351 e. The topological polar surface area (TPSA) is 86.8 Å². The van der Waals surface area contributed by atoms with Crippen molar-refractivity contribution in [1.82, 2.24) is 15.1 Å². The van der Waals surface area contributed by atoms with Crippen molar-refractivity contribution in [2.75, 3.05) is 45.7 Å². The van der Waals surface area contributed by atoms with Crippen molar-refractivity contribution in [2.45, 2.75) is 12.5 Å². The molecule has 1 heterocycles. The maximum atomic E-state index is 12.5. The summed E-state index contributed by atoms with van der Waals surface area (Å²) in [6, 6.07) is 6.13. The number of hydrogen-bond donors (Lipinski definition) is 1. The Morgan fingerprint density at radius 2 is 1.72 bits per heavy atom. The van der Waals surface area contributed by atoms with E-state index in [2.05, 4.69) is 5.32 Å². The molecular weight excluding hydrogens is 342 g/mol. The maximum absolute atomic E-state index is 12.5. The normalized spacial score (nSPS) is 19.0. The Morgan fingerprint density at radius 1 is 1.12 bits per heavy atom. The molecule has 1 unspecified atom stereocenters. The van der Waals surface area contributed by atoms with Crippen LogP contribution in [0.1, 0.15) is 27.1 Å². The van der Waals surface area contributed by atoms with Crippen LogP contribution in [0.15, 0.2) is 24.3 Å². The van der Waals surface area contributed by atoms with Gasteiger partial charge >= 0.3 is 0 Å². The Hall–Kier alpha value is -1.93. The van der Waals surface area contributed by atoms with Gasteiger partial charge in [-0.15, -0.1) is 0 Å². The van der Waals surface area contributed by atoms with Gasteiger partial charge in [0.2, 0.25) is 0 Å². The first-order chi connectivity index (χ1) is 11.7. The van der Waals surface area contributed by atoms with E-state index >= 15 is 0 Å². The molecule has 1 N–H and O–H groups in total. The maximum Gasteiger partial charge on any atom is 0.253 e. The quantitative estimate of drug-likeness (QED) is 0.778. The number of benzene rings is 1. The predicted molar refractivity (Wildman–Crippen MR) is 96.5 cm³/mol. The lowest BCUT2D eigenvalue weighted by Gasteiger charge is -2.23. The Balaban J connectivity index is 1.97. The zero-order valence-electron chi connectivity index (χ0n) is 14.9. The number of hydrogen-bond acceptors (Lipinski definition) is 5. The number of likely N-dealkylation sites (N-methyl/N-ethyl adjacent to an activating group) is 1. The third-order valence-electron chi connectivity index (χ3n) is 4.32. The van der Waals surface area contributed by atoms with Crippen LogP contribution in [0.25, 0.3) is 0 Å². The van der Waals surface area contributed by atoms with Crippen molar-refractivity contribution in [3.8, 4) is 0 Å². The monoisotopic (exact) mass is 367 g/mol. The molecule has 0 bridgehead atoms. The molecule has 0 spiro atoms. The van der Waals surface area contributed by atoms with Gasteiger partial charge in [-0.3, -0.25) is 9.59 Å². The summed E-state index contributed by atoms with van der Waals surface area (Å²) in [6.45, 7) is 1.29. The Kier molecular flexibility index (Phi) is 6.18. The van der Waals surface area contributed by atoms with Crippen molar-refractivity contribution >= 4 is 21.7 Å². The van der Waals surface area contributed by atoms with E-state index in [9.17, 15) is 18.0 Å². The minimum atomic E-state index is -3.04. The van der Waals surface area contributed by atoms with Gasteiger partial charge in [-0.1, -0.05) is 0 Å². The second-order valence-electron chi connectivity index (χ2n) is 6.61. The van der Waals surface area contributed by atoms with Gasteiger partial charge in [0.25, 0.3) is 11.8 Å². The number of rotatable bonds is 6. The summed E-state index contributed by atoms with van der Waals surface area (Å²) < 4.78 is 23.1. The molecular formula is C17H25N3O4S. The van der Waals surface area contributed by atoms with Crippen LogP contribution < -0.4 is 5.32 Å². The Bertz CT molecular complexity index is 729. The summed E-state index contributed by atoms with van der Waals surface area (Å²) in [4.78, 5) is 28.0. The van der Waals surface area contributed by atoms with Crippen molar-refractivity contribution in [2.24, 2.45) is 0 Å². The molecule has 0 aromatic heterocycles. The molecule has 1 saturated heterocycles. The molecule has 1 aliphatic rings. The van der Waals surface area contributed by atoms with E-state index in [-0.39, 0.29) is 29.4 Å². The van der Waals surface area contributed by atoms with Crippen LogP contribution in [0.5, 0.6) is 0 Å². The molecule has 0 saturated carbocycles. The first-order valence-electron chi connectivity index (χ1n) is 8.20. The second-order valence-corrected chi connectivity index (χ2v) is 8.84. The molecule has 2 amide bonds. The molecule has 1 aromatic rings. The molecule has 1 atom stereocenters. The molecule has 0 aliphatic carbocycles. The van der Waals surface area contributed by atoms with Crippen molar-refractivity contribution in [1.29, 1.82) is 0 Å². The van der Waals surface area contributed by atoms with E-state index in [1.807, 2.05) is 19.0 Å². The molecule has 7 nitrogen and oxygen atoms in total. The number of sulfone groups is 1. The summed E-state index contributed by atoms with van der Waals surface area (Å²) in [5, 5.41) is 2.81. The van der Waals surface area contributed by atoms with E-state index in [1.165, 1.54) is 4.90 Å². The van der Waals surface area contributed by atoms with Gasteiger partial charge in [0.1, 0.15) is 0 Å².